The summed E-state index contributed by atoms with van der Waals surface area (Å²) in [5, 5.41) is 11.7. The number of aliphatic hydroxyl groups is 1. The molecule has 132 valence electrons. The monoisotopic (exact) mass is 339 g/mol. The van der Waals surface area contributed by atoms with Crippen molar-refractivity contribution in [2.24, 2.45) is 23.5 Å². The molecule has 1 aromatic heterocycles. The Hall–Kier alpha value is -1.85. The van der Waals surface area contributed by atoms with Gasteiger partial charge in [0, 0.05) is 29.7 Å². The molecule has 3 heterocycles. The molecule has 0 unspecified atom stereocenters. The number of rotatable bonds is 1. The standard InChI is InChI=1S/C20H25N3O2/c21-20(25)18-14-9-16-19-13(12-3-1-2-4-15(12)22-19)7-8-23(16)10-11(14)5-6-17(18)24/h1-4,11,14,16-18,22,24H,5-10H2,(H2,21,25)/t11-,14-,16-,17-,18+/m0/s1. The van der Waals surface area contributed by atoms with Crippen LogP contribution in [0.3, 0.4) is 0 Å². The van der Waals surface area contributed by atoms with Crippen LogP contribution >= 0.6 is 0 Å². The Balaban J connectivity index is 1.54. The Kier molecular flexibility index (Phi) is 3.44. The zero-order valence-electron chi connectivity index (χ0n) is 14.3. The molecule has 1 aliphatic carbocycles. The fourth-order valence-electron chi connectivity index (χ4n) is 5.74. The van der Waals surface area contributed by atoms with Crippen molar-refractivity contribution in [1.82, 2.24) is 9.88 Å². The van der Waals surface area contributed by atoms with Crippen LogP contribution in [0.15, 0.2) is 24.3 Å². The number of carbonyl (C=O) groups is 1. The number of primary amides is 1. The topological polar surface area (TPSA) is 82.4 Å². The number of H-pyrrole nitrogens is 1. The van der Waals surface area contributed by atoms with Crippen LogP contribution in [-0.2, 0) is 11.2 Å². The van der Waals surface area contributed by atoms with Gasteiger partial charge in [-0.25, -0.2) is 0 Å². The predicted octanol–water partition coefficient (Wildman–Crippen LogP) is 1.96. The average molecular weight is 339 g/mol. The van der Waals surface area contributed by atoms with Crippen LogP contribution < -0.4 is 5.73 Å². The van der Waals surface area contributed by atoms with E-state index in [9.17, 15) is 9.90 Å². The summed E-state index contributed by atoms with van der Waals surface area (Å²) in [6, 6.07) is 8.81. The smallest absolute Gasteiger partial charge is 0.223 e. The second kappa shape index (κ2) is 5.58. The largest absolute Gasteiger partial charge is 0.392 e. The van der Waals surface area contributed by atoms with Crippen molar-refractivity contribution >= 4 is 16.8 Å². The lowest BCUT2D eigenvalue weighted by molar-refractivity contribution is -0.135. The first-order valence-corrected chi connectivity index (χ1v) is 9.44. The molecule has 2 aliphatic heterocycles. The number of nitrogens with two attached hydrogens (primary N) is 1. The molecule has 1 amide bonds. The molecule has 0 radical (unpaired) electrons. The van der Waals surface area contributed by atoms with E-state index in [1.807, 2.05) is 0 Å². The summed E-state index contributed by atoms with van der Waals surface area (Å²) >= 11 is 0. The van der Waals surface area contributed by atoms with E-state index in [1.54, 1.807) is 0 Å². The number of nitrogens with zero attached hydrogens (tertiary/aromatic N) is 1. The first-order valence-electron chi connectivity index (χ1n) is 9.44. The maximum atomic E-state index is 12.0. The number of nitrogens with one attached hydrogen (secondary N) is 1. The Bertz CT molecular complexity index is 829. The van der Waals surface area contributed by atoms with E-state index in [2.05, 4.69) is 34.1 Å². The van der Waals surface area contributed by atoms with Gasteiger partial charge in [-0.1, -0.05) is 18.2 Å². The van der Waals surface area contributed by atoms with Crippen LogP contribution in [-0.4, -0.2) is 40.1 Å². The number of fused-ring (bicyclic) bond motifs is 6. The summed E-state index contributed by atoms with van der Waals surface area (Å²) in [6.45, 7) is 2.09. The molecular formula is C20H25N3O2. The number of aromatic nitrogens is 1. The summed E-state index contributed by atoms with van der Waals surface area (Å²) in [6.07, 6.45) is 3.11. The highest BCUT2D eigenvalue weighted by atomic mass is 16.3. The molecule has 1 saturated carbocycles. The Morgan fingerprint density at radius 1 is 1.28 bits per heavy atom. The molecule has 5 atom stereocenters. The van der Waals surface area contributed by atoms with Crippen molar-refractivity contribution in [3.8, 4) is 0 Å². The number of piperidine rings is 1. The Morgan fingerprint density at radius 2 is 2.12 bits per heavy atom. The predicted molar refractivity (Wildman–Crippen MR) is 95.8 cm³/mol. The zero-order chi connectivity index (χ0) is 17.1. The van der Waals surface area contributed by atoms with Crippen LogP contribution in [0.4, 0.5) is 0 Å². The van der Waals surface area contributed by atoms with Gasteiger partial charge in [0.15, 0.2) is 0 Å². The fraction of sp³-hybridized carbons (Fsp3) is 0.550. The Labute approximate surface area is 147 Å². The van der Waals surface area contributed by atoms with Crippen molar-refractivity contribution in [3.63, 3.8) is 0 Å². The van der Waals surface area contributed by atoms with Gasteiger partial charge in [0.1, 0.15) is 0 Å². The van der Waals surface area contributed by atoms with Crippen molar-refractivity contribution in [3.05, 3.63) is 35.5 Å². The van der Waals surface area contributed by atoms with E-state index in [-0.39, 0.29) is 11.8 Å². The van der Waals surface area contributed by atoms with Gasteiger partial charge < -0.3 is 15.8 Å². The van der Waals surface area contributed by atoms with Gasteiger partial charge in [0.2, 0.25) is 5.91 Å². The molecule has 5 heteroatoms. The molecule has 0 bridgehead atoms. The number of hydrogen-bond donors (Lipinski definition) is 3. The van der Waals surface area contributed by atoms with Crippen LogP contribution in [0.2, 0.25) is 0 Å². The first-order chi connectivity index (χ1) is 12.1. The highest BCUT2D eigenvalue weighted by molar-refractivity contribution is 5.85. The quantitative estimate of drug-likeness (QED) is 0.743. The number of para-hydroxylation sites is 1. The van der Waals surface area contributed by atoms with Crippen molar-refractivity contribution in [1.29, 1.82) is 0 Å². The minimum absolute atomic E-state index is 0.194. The van der Waals surface area contributed by atoms with Crippen LogP contribution in [0.5, 0.6) is 0 Å². The normalized spacial score (nSPS) is 35.0. The summed E-state index contributed by atoms with van der Waals surface area (Å²) in [5.41, 5.74) is 9.62. The van der Waals surface area contributed by atoms with Crippen LogP contribution in [0, 0.1) is 17.8 Å². The maximum Gasteiger partial charge on any atom is 0.223 e. The minimum atomic E-state index is -0.573. The third-order valence-electron chi connectivity index (χ3n) is 6.88. The zero-order valence-corrected chi connectivity index (χ0v) is 14.3. The minimum Gasteiger partial charge on any atom is -0.392 e. The number of benzene rings is 1. The summed E-state index contributed by atoms with van der Waals surface area (Å²) in [4.78, 5) is 18.2. The number of amides is 1. The SMILES string of the molecule is NC(=O)[C@@H]1[C@H]2C[C@H]3c4[nH]c5ccccc5c4CCN3C[C@@H]2CC[C@@H]1O. The van der Waals surface area contributed by atoms with E-state index in [0.717, 1.165) is 32.4 Å². The molecule has 1 saturated heterocycles. The van der Waals surface area contributed by atoms with Gasteiger partial charge in [0.25, 0.3) is 0 Å². The third-order valence-corrected chi connectivity index (χ3v) is 6.88. The van der Waals surface area contributed by atoms with Gasteiger partial charge in [-0.15, -0.1) is 0 Å². The summed E-state index contributed by atoms with van der Waals surface area (Å²) < 4.78 is 0. The van der Waals surface area contributed by atoms with Gasteiger partial charge in [-0.2, -0.15) is 0 Å². The molecule has 2 aromatic rings. The molecular weight excluding hydrogens is 314 g/mol. The highest BCUT2D eigenvalue weighted by Crippen LogP contribution is 2.48. The van der Waals surface area contributed by atoms with E-state index in [1.165, 1.54) is 22.2 Å². The lowest BCUT2D eigenvalue weighted by Gasteiger charge is -2.51. The lowest BCUT2D eigenvalue weighted by Crippen LogP contribution is -2.54. The summed E-state index contributed by atoms with van der Waals surface area (Å²) in [5.74, 6) is -0.0538. The molecule has 5 rings (SSSR count). The van der Waals surface area contributed by atoms with Crippen molar-refractivity contribution in [2.45, 2.75) is 37.8 Å². The molecule has 25 heavy (non-hydrogen) atoms. The van der Waals surface area contributed by atoms with Crippen molar-refractivity contribution in [2.75, 3.05) is 13.1 Å². The lowest BCUT2D eigenvalue weighted by atomic mass is 9.64. The number of hydrogen-bond acceptors (Lipinski definition) is 3. The second-order valence-electron chi connectivity index (χ2n) is 8.06. The highest BCUT2D eigenvalue weighted by Gasteiger charge is 2.48. The molecule has 1 aromatic carbocycles. The van der Waals surface area contributed by atoms with Gasteiger partial charge in [0.05, 0.1) is 18.1 Å². The van der Waals surface area contributed by atoms with Gasteiger partial charge in [-0.05, 0) is 49.1 Å². The number of aromatic amines is 1. The van der Waals surface area contributed by atoms with E-state index in [0.29, 0.717) is 18.4 Å². The van der Waals surface area contributed by atoms with E-state index in [4.69, 9.17) is 5.73 Å². The maximum absolute atomic E-state index is 12.0. The molecule has 4 N–H and O–H groups in total. The van der Waals surface area contributed by atoms with Gasteiger partial charge >= 0.3 is 0 Å². The number of carbonyl (C=O) groups excluding carboxylic acids is 1. The molecule has 2 fully saturated rings. The molecule has 5 nitrogen and oxygen atoms in total. The van der Waals surface area contributed by atoms with Crippen molar-refractivity contribution < 1.29 is 9.90 Å². The Morgan fingerprint density at radius 3 is 2.96 bits per heavy atom. The van der Waals surface area contributed by atoms with Crippen LogP contribution in [0.1, 0.15) is 36.6 Å². The molecule has 0 spiro atoms. The second-order valence-corrected chi connectivity index (χ2v) is 8.06. The van der Waals surface area contributed by atoms with E-state index < -0.39 is 12.0 Å². The fourth-order valence-corrected chi connectivity index (χ4v) is 5.74. The van der Waals surface area contributed by atoms with Crippen LogP contribution in [0.25, 0.3) is 10.9 Å². The first kappa shape index (κ1) is 15.4. The number of aliphatic hydroxyl groups excluding tert-OH is 1. The van der Waals surface area contributed by atoms with E-state index >= 15 is 0 Å². The summed E-state index contributed by atoms with van der Waals surface area (Å²) in [7, 11) is 0. The van der Waals surface area contributed by atoms with Gasteiger partial charge in [-0.3, -0.25) is 9.69 Å². The average Bonchev–Trinajstić information content (AvgIpc) is 2.99. The molecule has 3 aliphatic rings. The third kappa shape index (κ3) is 2.26.